The van der Waals surface area contributed by atoms with E-state index in [0.717, 1.165) is 5.56 Å². The summed E-state index contributed by atoms with van der Waals surface area (Å²) < 4.78 is 0. The minimum Gasteiger partial charge on any atom is -0.480 e. The standard InChI is InChI=1S/C14H22N2O3S/c1-5-6-12(13(17)18)16-14(19)15-9(3)11-7-8(2)20-10(11)4/h7,9,12H,5-6H2,1-4H3,(H,17,18)(H2,15,16,19)/t9?,12-/m0/s1. The fraction of sp³-hybridized carbons (Fsp3) is 0.571. The maximum absolute atomic E-state index is 11.9. The van der Waals surface area contributed by atoms with Gasteiger partial charge in [0, 0.05) is 9.75 Å². The third-order valence-electron chi connectivity index (χ3n) is 3.07. The number of hydrogen-bond acceptors (Lipinski definition) is 3. The van der Waals surface area contributed by atoms with E-state index in [0.29, 0.717) is 12.8 Å². The van der Waals surface area contributed by atoms with Crippen molar-refractivity contribution in [3.8, 4) is 0 Å². The monoisotopic (exact) mass is 298 g/mol. The molecule has 0 saturated carbocycles. The molecule has 20 heavy (non-hydrogen) atoms. The molecule has 0 saturated heterocycles. The average molecular weight is 298 g/mol. The molecule has 1 aromatic heterocycles. The lowest BCUT2D eigenvalue weighted by molar-refractivity contribution is -0.139. The molecule has 0 aliphatic carbocycles. The van der Waals surface area contributed by atoms with Gasteiger partial charge in [-0.1, -0.05) is 13.3 Å². The fourth-order valence-electron chi connectivity index (χ4n) is 2.10. The Morgan fingerprint density at radius 3 is 2.45 bits per heavy atom. The van der Waals surface area contributed by atoms with Crippen molar-refractivity contribution in [3.05, 3.63) is 21.4 Å². The van der Waals surface area contributed by atoms with Crippen LogP contribution in [0.25, 0.3) is 0 Å². The van der Waals surface area contributed by atoms with E-state index in [2.05, 4.69) is 10.6 Å². The van der Waals surface area contributed by atoms with Crippen LogP contribution >= 0.6 is 11.3 Å². The van der Waals surface area contributed by atoms with Crippen molar-refractivity contribution < 1.29 is 14.7 Å². The van der Waals surface area contributed by atoms with Gasteiger partial charge in [-0.25, -0.2) is 9.59 Å². The molecule has 0 radical (unpaired) electrons. The van der Waals surface area contributed by atoms with Crippen LogP contribution < -0.4 is 10.6 Å². The van der Waals surface area contributed by atoms with Crippen LogP contribution in [0.3, 0.4) is 0 Å². The third-order valence-corrected chi connectivity index (χ3v) is 4.06. The Balaban J connectivity index is 2.61. The van der Waals surface area contributed by atoms with Crippen molar-refractivity contribution >= 4 is 23.3 Å². The zero-order chi connectivity index (χ0) is 15.3. The number of carbonyl (C=O) groups excluding carboxylic acids is 1. The topological polar surface area (TPSA) is 78.4 Å². The first-order valence-electron chi connectivity index (χ1n) is 6.71. The van der Waals surface area contributed by atoms with E-state index >= 15 is 0 Å². The summed E-state index contributed by atoms with van der Waals surface area (Å²) in [6.07, 6.45) is 1.13. The summed E-state index contributed by atoms with van der Waals surface area (Å²) in [5, 5.41) is 14.3. The number of carbonyl (C=O) groups is 2. The van der Waals surface area contributed by atoms with Crippen molar-refractivity contribution in [2.75, 3.05) is 0 Å². The van der Waals surface area contributed by atoms with E-state index < -0.39 is 18.0 Å². The Morgan fingerprint density at radius 1 is 1.35 bits per heavy atom. The maximum Gasteiger partial charge on any atom is 0.326 e. The van der Waals surface area contributed by atoms with E-state index in [1.165, 1.54) is 9.75 Å². The summed E-state index contributed by atoms with van der Waals surface area (Å²) >= 11 is 1.69. The van der Waals surface area contributed by atoms with Crippen molar-refractivity contribution in [2.24, 2.45) is 0 Å². The Labute approximate surface area is 123 Å². The molecule has 0 fully saturated rings. The van der Waals surface area contributed by atoms with Gasteiger partial charge < -0.3 is 15.7 Å². The van der Waals surface area contributed by atoms with E-state index in [4.69, 9.17) is 5.11 Å². The summed E-state index contributed by atoms with van der Waals surface area (Å²) in [5.41, 5.74) is 1.07. The number of carboxylic acids is 1. The second-order valence-corrected chi connectivity index (χ2v) is 6.35. The summed E-state index contributed by atoms with van der Waals surface area (Å²) in [7, 11) is 0. The number of thiophene rings is 1. The van der Waals surface area contributed by atoms with Gasteiger partial charge in [0.25, 0.3) is 0 Å². The average Bonchev–Trinajstić information content (AvgIpc) is 2.67. The van der Waals surface area contributed by atoms with Crippen LogP contribution in [0.1, 0.15) is 48.0 Å². The molecular formula is C14H22N2O3S. The first kappa shape index (κ1) is 16.5. The molecule has 0 aromatic carbocycles. The molecule has 0 bridgehead atoms. The number of amides is 2. The number of aryl methyl sites for hydroxylation is 2. The smallest absolute Gasteiger partial charge is 0.326 e. The number of rotatable bonds is 6. The molecule has 3 N–H and O–H groups in total. The quantitative estimate of drug-likeness (QED) is 0.755. The van der Waals surface area contributed by atoms with Gasteiger partial charge in [0.15, 0.2) is 0 Å². The second kappa shape index (κ2) is 7.28. The van der Waals surface area contributed by atoms with Gasteiger partial charge in [-0.2, -0.15) is 0 Å². The lowest BCUT2D eigenvalue weighted by atomic mass is 10.1. The highest BCUT2D eigenvalue weighted by Crippen LogP contribution is 2.25. The third kappa shape index (κ3) is 4.52. The van der Waals surface area contributed by atoms with E-state index in [9.17, 15) is 9.59 Å². The predicted octanol–water partition coefficient (Wildman–Crippen LogP) is 2.98. The normalized spacial score (nSPS) is 13.6. The van der Waals surface area contributed by atoms with Gasteiger partial charge in [-0.3, -0.25) is 0 Å². The molecule has 5 nitrogen and oxygen atoms in total. The zero-order valence-corrected chi connectivity index (χ0v) is 13.1. The first-order chi connectivity index (χ1) is 9.35. The Hall–Kier alpha value is -1.56. The van der Waals surface area contributed by atoms with Crippen molar-refractivity contribution in [1.82, 2.24) is 10.6 Å². The van der Waals surface area contributed by atoms with Crippen LogP contribution in [0.5, 0.6) is 0 Å². The minimum absolute atomic E-state index is 0.143. The molecule has 2 atom stereocenters. The molecule has 1 heterocycles. The SMILES string of the molecule is CCC[C@H](NC(=O)NC(C)c1cc(C)sc1C)C(=O)O. The molecule has 0 aliphatic rings. The highest BCUT2D eigenvalue weighted by Gasteiger charge is 2.20. The van der Waals surface area contributed by atoms with Gasteiger partial charge in [-0.05, 0) is 38.8 Å². The van der Waals surface area contributed by atoms with E-state index in [1.807, 2.05) is 33.8 Å². The largest absolute Gasteiger partial charge is 0.480 e. The van der Waals surface area contributed by atoms with Crippen LogP contribution in [0.2, 0.25) is 0 Å². The molecule has 112 valence electrons. The van der Waals surface area contributed by atoms with Crippen LogP contribution in [0, 0.1) is 13.8 Å². The summed E-state index contributed by atoms with van der Waals surface area (Å²) in [5.74, 6) is -1.00. The van der Waals surface area contributed by atoms with Crippen molar-refractivity contribution in [3.63, 3.8) is 0 Å². The summed E-state index contributed by atoms with van der Waals surface area (Å²) in [6, 6.07) is 0.626. The second-order valence-electron chi connectivity index (χ2n) is 4.89. The number of nitrogens with one attached hydrogen (secondary N) is 2. The Bertz CT molecular complexity index is 485. The highest BCUT2D eigenvalue weighted by atomic mass is 32.1. The van der Waals surface area contributed by atoms with Gasteiger partial charge in [-0.15, -0.1) is 11.3 Å². The zero-order valence-electron chi connectivity index (χ0n) is 12.3. The van der Waals surface area contributed by atoms with E-state index in [1.54, 1.807) is 11.3 Å². The molecule has 2 amide bonds. The maximum atomic E-state index is 11.9. The van der Waals surface area contributed by atoms with Crippen molar-refractivity contribution in [1.29, 1.82) is 0 Å². The lowest BCUT2D eigenvalue weighted by Gasteiger charge is -2.18. The molecule has 6 heteroatoms. The molecule has 1 unspecified atom stereocenters. The summed E-state index contributed by atoms with van der Waals surface area (Å²) in [6.45, 7) is 7.81. The molecule has 1 rings (SSSR count). The minimum atomic E-state index is -1.00. The van der Waals surface area contributed by atoms with Gasteiger partial charge in [0.1, 0.15) is 6.04 Å². The first-order valence-corrected chi connectivity index (χ1v) is 7.53. The molecule has 1 aromatic rings. The van der Waals surface area contributed by atoms with Crippen LogP contribution in [-0.2, 0) is 4.79 Å². The van der Waals surface area contributed by atoms with E-state index in [-0.39, 0.29) is 6.04 Å². The molecule has 0 aliphatic heterocycles. The molecule has 0 spiro atoms. The molecular weight excluding hydrogens is 276 g/mol. The Kier molecular flexibility index (Phi) is 6.01. The van der Waals surface area contributed by atoms with Crippen LogP contribution in [0.15, 0.2) is 6.07 Å². The van der Waals surface area contributed by atoms with Gasteiger partial charge in [0.2, 0.25) is 0 Å². The number of urea groups is 1. The number of carboxylic acid groups (broad SMARTS) is 1. The Morgan fingerprint density at radius 2 is 2.00 bits per heavy atom. The summed E-state index contributed by atoms with van der Waals surface area (Å²) in [4.78, 5) is 25.2. The van der Waals surface area contributed by atoms with Crippen molar-refractivity contribution in [2.45, 2.75) is 52.6 Å². The highest BCUT2D eigenvalue weighted by molar-refractivity contribution is 7.12. The van der Waals surface area contributed by atoms with Gasteiger partial charge >= 0.3 is 12.0 Å². The fourth-order valence-corrected chi connectivity index (χ4v) is 3.12. The van der Waals surface area contributed by atoms with Gasteiger partial charge in [0.05, 0.1) is 6.04 Å². The number of aliphatic carboxylic acids is 1. The number of hydrogen-bond donors (Lipinski definition) is 3. The predicted molar refractivity (Wildman–Crippen MR) is 80.2 cm³/mol. The lowest BCUT2D eigenvalue weighted by Crippen LogP contribution is -2.46. The van der Waals surface area contributed by atoms with Crippen LogP contribution in [-0.4, -0.2) is 23.1 Å². The van der Waals surface area contributed by atoms with Crippen LogP contribution in [0.4, 0.5) is 4.79 Å².